The number of carbonyl (C=O) groups is 2. The van der Waals surface area contributed by atoms with Gasteiger partial charge in [-0.25, -0.2) is 14.0 Å². The average molecular weight is 592 g/mol. The molecule has 13 heteroatoms. The lowest BCUT2D eigenvalue weighted by molar-refractivity contribution is -0.143. The molecule has 226 valence electrons. The van der Waals surface area contributed by atoms with Crippen molar-refractivity contribution in [2.45, 2.75) is 77.1 Å². The first kappa shape index (κ1) is 32.0. The molecule has 0 radical (unpaired) electrons. The van der Waals surface area contributed by atoms with Gasteiger partial charge in [0.15, 0.2) is 0 Å². The number of ether oxygens (including phenoxy) is 1. The largest absolute Gasteiger partial charge is 0.447 e. The van der Waals surface area contributed by atoms with Gasteiger partial charge < -0.3 is 19.9 Å². The number of rotatable bonds is 6. The zero-order valence-electron chi connectivity index (χ0n) is 23.0. The molecule has 3 atom stereocenters. The highest BCUT2D eigenvalue weighted by Gasteiger charge is 2.38. The van der Waals surface area contributed by atoms with E-state index in [1.807, 2.05) is 6.92 Å². The maximum Gasteiger partial charge on any atom is 0.416 e. The number of nitrogens with zero attached hydrogens (tertiary/aromatic N) is 2. The number of aryl methyl sites for hydroxylation is 1. The van der Waals surface area contributed by atoms with Crippen molar-refractivity contribution in [1.82, 2.24) is 15.1 Å². The number of alkyl carbamates (subject to hydrolysis) is 1. The van der Waals surface area contributed by atoms with Crippen molar-refractivity contribution in [1.29, 1.82) is 0 Å². The second-order valence-electron chi connectivity index (χ2n) is 10.3. The molecule has 3 amide bonds. The Morgan fingerprint density at radius 2 is 1.68 bits per heavy atom. The van der Waals surface area contributed by atoms with Crippen molar-refractivity contribution in [2.24, 2.45) is 0 Å². The molecule has 0 aromatic heterocycles. The van der Waals surface area contributed by atoms with Gasteiger partial charge in [0.2, 0.25) is 0 Å². The molecule has 1 unspecified atom stereocenters. The Kier molecular flexibility index (Phi) is 9.81. The smallest absolute Gasteiger partial charge is 0.416 e. The lowest BCUT2D eigenvalue weighted by Crippen LogP contribution is -2.51. The van der Waals surface area contributed by atoms with Crippen molar-refractivity contribution in [3.05, 3.63) is 70.0 Å². The lowest BCUT2D eigenvalue weighted by Gasteiger charge is -2.42. The molecule has 1 saturated heterocycles. The summed E-state index contributed by atoms with van der Waals surface area (Å²) in [4.78, 5) is 28.4. The van der Waals surface area contributed by atoms with E-state index in [2.05, 4.69) is 5.32 Å². The van der Waals surface area contributed by atoms with E-state index >= 15 is 0 Å². The molecule has 0 saturated carbocycles. The van der Waals surface area contributed by atoms with Crippen molar-refractivity contribution < 1.29 is 45.1 Å². The van der Waals surface area contributed by atoms with Crippen LogP contribution in [0.3, 0.4) is 0 Å². The minimum Gasteiger partial charge on any atom is -0.447 e. The summed E-state index contributed by atoms with van der Waals surface area (Å²) >= 11 is 0. The summed E-state index contributed by atoms with van der Waals surface area (Å²) in [5.41, 5.74) is -2.17. The van der Waals surface area contributed by atoms with Crippen LogP contribution in [0.1, 0.15) is 67.0 Å². The number of hydrogen-bond donors (Lipinski definition) is 1. The van der Waals surface area contributed by atoms with Crippen LogP contribution in [0.5, 0.6) is 0 Å². The molecule has 1 heterocycles. The van der Waals surface area contributed by atoms with Crippen LogP contribution in [0.2, 0.25) is 0 Å². The van der Waals surface area contributed by atoms with E-state index in [1.165, 1.54) is 30.1 Å². The van der Waals surface area contributed by atoms with Gasteiger partial charge in [-0.15, -0.1) is 0 Å². The fourth-order valence-electron chi connectivity index (χ4n) is 4.77. The molecule has 41 heavy (non-hydrogen) atoms. The van der Waals surface area contributed by atoms with Crippen LogP contribution in [0.15, 0.2) is 36.4 Å². The highest BCUT2D eigenvalue weighted by Crippen LogP contribution is 2.37. The number of likely N-dealkylation sites (tertiary alicyclic amines) is 1. The predicted octanol–water partition coefficient (Wildman–Crippen LogP) is 7.45. The summed E-state index contributed by atoms with van der Waals surface area (Å²) in [5, 5.41) is 2.78. The minimum atomic E-state index is -5.02. The van der Waals surface area contributed by atoms with Gasteiger partial charge in [0.25, 0.3) is 0 Å². The van der Waals surface area contributed by atoms with E-state index in [1.54, 1.807) is 13.8 Å². The van der Waals surface area contributed by atoms with Crippen molar-refractivity contribution in [2.75, 3.05) is 13.6 Å². The molecule has 0 aliphatic carbocycles. The molecule has 3 rings (SSSR count). The average Bonchev–Trinajstić information content (AvgIpc) is 2.87. The second-order valence-corrected chi connectivity index (χ2v) is 10.3. The highest BCUT2D eigenvalue weighted by atomic mass is 19.4. The molecule has 1 aliphatic rings. The van der Waals surface area contributed by atoms with E-state index in [4.69, 9.17) is 4.74 Å². The number of hydrogen-bond acceptors (Lipinski definition) is 3. The topological polar surface area (TPSA) is 61.9 Å². The molecular formula is C28H32F7N3O3. The Hall–Kier alpha value is -3.51. The van der Waals surface area contributed by atoms with Gasteiger partial charge in [-0.1, -0.05) is 13.0 Å². The molecule has 0 bridgehead atoms. The molecule has 2 aromatic carbocycles. The van der Waals surface area contributed by atoms with E-state index in [-0.39, 0.29) is 30.7 Å². The summed E-state index contributed by atoms with van der Waals surface area (Å²) in [7, 11) is 1.28. The summed E-state index contributed by atoms with van der Waals surface area (Å²) < 4.78 is 99.1. The van der Waals surface area contributed by atoms with Gasteiger partial charge in [-0.2, -0.15) is 26.3 Å². The van der Waals surface area contributed by atoms with E-state index in [0.29, 0.717) is 36.1 Å². The van der Waals surface area contributed by atoms with Crippen molar-refractivity contribution >= 4 is 12.1 Å². The Bertz CT molecular complexity index is 1220. The van der Waals surface area contributed by atoms with Crippen molar-refractivity contribution in [3.8, 4) is 0 Å². The van der Waals surface area contributed by atoms with Crippen LogP contribution in [-0.4, -0.2) is 47.7 Å². The number of benzene rings is 2. The first-order valence-electron chi connectivity index (χ1n) is 13.0. The Balaban J connectivity index is 1.87. The third-order valence-corrected chi connectivity index (χ3v) is 7.04. The zero-order valence-corrected chi connectivity index (χ0v) is 23.0. The van der Waals surface area contributed by atoms with Crippen LogP contribution in [0, 0.1) is 12.7 Å². The molecule has 6 nitrogen and oxygen atoms in total. The molecule has 1 fully saturated rings. The standard InChI is InChI=1S/C28H32F7N3O3/c1-5-17(3)41-25(39)36-22-8-9-38(24(14-22)23-7-6-21(29)10-16(23)2)26(40)37(4)15-18-11-19(27(30,31)32)13-20(12-18)28(33,34)35/h6-7,10-13,17,22,24H,5,8-9,14-15H2,1-4H3,(H,36,39)/t17?,22-,24+/m1/s1. The quantitative estimate of drug-likeness (QED) is 0.355. The predicted molar refractivity (Wildman–Crippen MR) is 136 cm³/mol. The zero-order chi connectivity index (χ0) is 30.7. The summed E-state index contributed by atoms with van der Waals surface area (Å²) in [5.74, 6) is -0.492. The van der Waals surface area contributed by atoms with E-state index in [9.17, 15) is 40.3 Å². The van der Waals surface area contributed by atoms with Gasteiger partial charge in [0.05, 0.1) is 17.2 Å². The number of amides is 3. The number of halogens is 7. The van der Waals surface area contributed by atoms with Crippen LogP contribution in [0.4, 0.5) is 40.3 Å². The van der Waals surface area contributed by atoms with Crippen LogP contribution in [0.25, 0.3) is 0 Å². The number of carbonyl (C=O) groups excluding carboxylic acids is 2. The van der Waals surface area contributed by atoms with Crippen LogP contribution >= 0.6 is 0 Å². The SMILES string of the molecule is CCC(C)OC(=O)N[C@@H]1CCN(C(=O)N(C)Cc2cc(C(F)(F)F)cc(C(F)(F)F)c2)[C@H](c2ccc(F)cc2C)C1. The summed E-state index contributed by atoms with van der Waals surface area (Å²) in [6.07, 6.45) is -9.82. The Labute approximate surface area is 233 Å². The van der Waals surface area contributed by atoms with Gasteiger partial charge in [-0.05, 0) is 80.1 Å². The first-order valence-corrected chi connectivity index (χ1v) is 13.0. The second kappa shape index (κ2) is 12.6. The van der Waals surface area contributed by atoms with Crippen molar-refractivity contribution in [3.63, 3.8) is 0 Å². The third kappa shape index (κ3) is 8.26. The fraction of sp³-hybridized carbons (Fsp3) is 0.500. The Morgan fingerprint density at radius 1 is 1.07 bits per heavy atom. The molecule has 1 N–H and O–H groups in total. The maximum absolute atomic E-state index is 13.9. The minimum absolute atomic E-state index is 0.0305. The summed E-state index contributed by atoms with van der Waals surface area (Å²) in [6.45, 7) is 4.83. The molecule has 1 aliphatic heterocycles. The maximum atomic E-state index is 13.9. The van der Waals surface area contributed by atoms with E-state index in [0.717, 1.165) is 4.90 Å². The van der Waals surface area contributed by atoms with Gasteiger partial charge in [0, 0.05) is 26.2 Å². The van der Waals surface area contributed by atoms with Crippen LogP contribution in [-0.2, 0) is 23.6 Å². The Morgan fingerprint density at radius 3 is 2.22 bits per heavy atom. The number of alkyl halides is 6. The first-order chi connectivity index (χ1) is 19.0. The number of nitrogens with one attached hydrogen (secondary N) is 1. The summed E-state index contributed by atoms with van der Waals surface area (Å²) in [6, 6.07) is 3.50. The number of piperidine rings is 1. The molecule has 0 spiro atoms. The lowest BCUT2D eigenvalue weighted by atomic mass is 9.89. The third-order valence-electron chi connectivity index (χ3n) is 7.04. The van der Waals surface area contributed by atoms with Crippen LogP contribution < -0.4 is 5.32 Å². The molecular weight excluding hydrogens is 559 g/mol. The van der Waals surface area contributed by atoms with Gasteiger partial charge >= 0.3 is 24.5 Å². The highest BCUT2D eigenvalue weighted by molar-refractivity contribution is 5.75. The van der Waals surface area contributed by atoms with E-state index < -0.39 is 60.0 Å². The van der Waals surface area contributed by atoms with Gasteiger partial charge in [0.1, 0.15) is 11.9 Å². The molecule has 2 aromatic rings. The fourth-order valence-corrected chi connectivity index (χ4v) is 4.77. The van der Waals surface area contributed by atoms with Gasteiger partial charge in [-0.3, -0.25) is 0 Å². The normalized spacial score (nSPS) is 18.6. The monoisotopic (exact) mass is 591 g/mol. The number of urea groups is 1.